The second kappa shape index (κ2) is 13.3. The Morgan fingerprint density at radius 3 is 2.00 bits per heavy atom. The van der Waals surface area contributed by atoms with Crippen LogP contribution in [0.25, 0.3) is 0 Å². The molecule has 0 aliphatic heterocycles. The zero-order chi connectivity index (χ0) is 13.6. The van der Waals surface area contributed by atoms with Crippen LogP contribution in [0.15, 0.2) is 0 Å². The molecule has 3 nitrogen and oxygen atoms in total. The van der Waals surface area contributed by atoms with Gasteiger partial charge in [0.25, 0.3) is 0 Å². The van der Waals surface area contributed by atoms with Crippen molar-refractivity contribution in [1.82, 2.24) is 0 Å². The maximum absolute atomic E-state index is 5.59. The zero-order valence-corrected chi connectivity index (χ0v) is 12.7. The second-order valence-corrected chi connectivity index (χ2v) is 5.00. The molecule has 0 amide bonds. The van der Waals surface area contributed by atoms with Gasteiger partial charge in [-0.05, 0) is 25.7 Å². The van der Waals surface area contributed by atoms with Crippen molar-refractivity contribution in [2.24, 2.45) is 5.92 Å². The lowest BCUT2D eigenvalue weighted by atomic mass is 10.1. The molecule has 0 heterocycles. The van der Waals surface area contributed by atoms with E-state index in [9.17, 15) is 0 Å². The molecule has 0 rings (SSSR count). The van der Waals surface area contributed by atoms with E-state index in [0.717, 1.165) is 25.4 Å². The van der Waals surface area contributed by atoms with Gasteiger partial charge in [-0.2, -0.15) is 0 Å². The van der Waals surface area contributed by atoms with Crippen molar-refractivity contribution in [3.8, 4) is 0 Å². The fourth-order valence-corrected chi connectivity index (χ4v) is 1.61. The molecule has 0 aromatic rings. The largest absolute Gasteiger partial charge is 0.379 e. The summed E-state index contributed by atoms with van der Waals surface area (Å²) in [6, 6.07) is 0. The summed E-state index contributed by atoms with van der Waals surface area (Å²) in [5.41, 5.74) is 0. The maximum atomic E-state index is 5.59. The summed E-state index contributed by atoms with van der Waals surface area (Å²) in [5.74, 6) is 0.763. The highest BCUT2D eigenvalue weighted by Gasteiger charge is 2.00. The second-order valence-electron chi connectivity index (χ2n) is 5.00. The van der Waals surface area contributed by atoms with Gasteiger partial charge in [0.15, 0.2) is 0 Å². The molecule has 18 heavy (non-hydrogen) atoms. The van der Waals surface area contributed by atoms with E-state index in [1.54, 1.807) is 0 Å². The van der Waals surface area contributed by atoms with Crippen molar-refractivity contribution in [3.05, 3.63) is 0 Å². The standard InChI is InChI=1S/C15H32O3/c1-5-7-15(4)18-13-12-17-11-10-16-9-8-14(3)6-2/h14-15H,5-13H2,1-4H3. The minimum Gasteiger partial charge on any atom is -0.379 e. The average molecular weight is 260 g/mol. The van der Waals surface area contributed by atoms with Gasteiger partial charge in [-0.1, -0.05) is 33.6 Å². The molecule has 2 atom stereocenters. The molecule has 0 bridgehead atoms. The number of hydrogen-bond donors (Lipinski definition) is 0. The van der Waals surface area contributed by atoms with E-state index < -0.39 is 0 Å². The summed E-state index contributed by atoms with van der Waals surface area (Å²) in [7, 11) is 0. The predicted octanol–water partition coefficient (Wildman–Crippen LogP) is 3.66. The molecule has 0 aromatic carbocycles. The fraction of sp³-hybridized carbons (Fsp3) is 1.00. The molecule has 0 spiro atoms. The number of hydrogen-bond acceptors (Lipinski definition) is 3. The highest BCUT2D eigenvalue weighted by Crippen LogP contribution is 2.05. The molecular weight excluding hydrogens is 228 g/mol. The molecule has 0 fully saturated rings. The molecule has 3 heteroatoms. The quantitative estimate of drug-likeness (QED) is 0.473. The van der Waals surface area contributed by atoms with Crippen LogP contribution >= 0.6 is 0 Å². The molecule has 0 aliphatic carbocycles. The van der Waals surface area contributed by atoms with Crippen molar-refractivity contribution in [2.75, 3.05) is 33.0 Å². The Morgan fingerprint density at radius 1 is 0.778 bits per heavy atom. The normalized spacial score (nSPS) is 14.7. The third-order valence-corrected chi connectivity index (χ3v) is 3.15. The summed E-state index contributed by atoms with van der Waals surface area (Å²) in [4.78, 5) is 0. The predicted molar refractivity (Wildman–Crippen MR) is 76.0 cm³/mol. The Labute approximate surface area is 113 Å². The Balaban J connectivity index is 3.07. The van der Waals surface area contributed by atoms with Gasteiger partial charge in [0.05, 0.1) is 32.5 Å². The maximum Gasteiger partial charge on any atom is 0.0704 e. The van der Waals surface area contributed by atoms with Crippen LogP contribution in [0.1, 0.15) is 53.4 Å². The zero-order valence-electron chi connectivity index (χ0n) is 12.7. The molecular formula is C15H32O3. The third kappa shape index (κ3) is 12.3. The molecule has 0 aromatic heterocycles. The Hall–Kier alpha value is -0.120. The molecule has 0 saturated heterocycles. The van der Waals surface area contributed by atoms with Gasteiger partial charge in [-0.15, -0.1) is 0 Å². The van der Waals surface area contributed by atoms with Crippen LogP contribution in [-0.4, -0.2) is 39.1 Å². The molecule has 0 N–H and O–H groups in total. The van der Waals surface area contributed by atoms with E-state index in [1.165, 1.54) is 12.8 Å². The highest BCUT2D eigenvalue weighted by atomic mass is 16.5. The Kier molecular flexibility index (Phi) is 13.2. The summed E-state index contributed by atoms with van der Waals surface area (Å²) in [5, 5.41) is 0. The first-order valence-corrected chi connectivity index (χ1v) is 7.47. The van der Waals surface area contributed by atoms with E-state index >= 15 is 0 Å². The number of ether oxygens (including phenoxy) is 3. The minimum absolute atomic E-state index is 0.352. The Morgan fingerprint density at radius 2 is 1.39 bits per heavy atom. The average Bonchev–Trinajstić information content (AvgIpc) is 2.36. The lowest BCUT2D eigenvalue weighted by Crippen LogP contribution is -2.14. The molecule has 0 aliphatic rings. The van der Waals surface area contributed by atoms with Crippen molar-refractivity contribution < 1.29 is 14.2 Å². The summed E-state index contributed by atoms with van der Waals surface area (Å²) in [6.07, 6.45) is 5.02. The topological polar surface area (TPSA) is 27.7 Å². The van der Waals surface area contributed by atoms with Crippen LogP contribution in [0.3, 0.4) is 0 Å². The van der Waals surface area contributed by atoms with Crippen LogP contribution in [0.5, 0.6) is 0 Å². The van der Waals surface area contributed by atoms with E-state index in [1.807, 2.05) is 0 Å². The van der Waals surface area contributed by atoms with Gasteiger partial charge < -0.3 is 14.2 Å². The third-order valence-electron chi connectivity index (χ3n) is 3.15. The fourth-order valence-electron chi connectivity index (χ4n) is 1.61. The summed E-state index contributed by atoms with van der Waals surface area (Å²) in [6.45, 7) is 12.3. The Bertz CT molecular complexity index is 162. The molecule has 110 valence electrons. The van der Waals surface area contributed by atoms with Crippen LogP contribution in [0, 0.1) is 5.92 Å². The molecule has 0 saturated carbocycles. The summed E-state index contributed by atoms with van der Waals surface area (Å²) >= 11 is 0. The van der Waals surface area contributed by atoms with Crippen LogP contribution in [-0.2, 0) is 14.2 Å². The first-order valence-electron chi connectivity index (χ1n) is 7.47. The van der Waals surface area contributed by atoms with E-state index in [2.05, 4.69) is 27.7 Å². The lowest BCUT2D eigenvalue weighted by Gasteiger charge is -2.12. The van der Waals surface area contributed by atoms with E-state index in [-0.39, 0.29) is 0 Å². The first-order chi connectivity index (χ1) is 8.70. The van der Waals surface area contributed by atoms with E-state index in [4.69, 9.17) is 14.2 Å². The van der Waals surface area contributed by atoms with Gasteiger partial charge in [0.2, 0.25) is 0 Å². The number of rotatable bonds is 13. The van der Waals surface area contributed by atoms with Crippen LogP contribution < -0.4 is 0 Å². The first kappa shape index (κ1) is 17.9. The SMILES string of the molecule is CCCC(C)OCCOCCOCCC(C)CC. The highest BCUT2D eigenvalue weighted by molar-refractivity contribution is 4.49. The minimum atomic E-state index is 0.352. The van der Waals surface area contributed by atoms with Crippen molar-refractivity contribution in [1.29, 1.82) is 0 Å². The van der Waals surface area contributed by atoms with Crippen molar-refractivity contribution >= 4 is 0 Å². The smallest absolute Gasteiger partial charge is 0.0704 e. The van der Waals surface area contributed by atoms with Crippen molar-refractivity contribution in [3.63, 3.8) is 0 Å². The van der Waals surface area contributed by atoms with Gasteiger partial charge in [-0.25, -0.2) is 0 Å². The molecule has 2 unspecified atom stereocenters. The summed E-state index contributed by atoms with van der Waals surface area (Å²) < 4.78 is 16.5. The van der Waals surface area contributed by atoms with E-state index in [0.29, 0.717) is 32.5 Å². The van der Waals surface area contributed by atoms with Gasteiger partial charge in [0.1, 0.15) is 0 Å². The van der Waals surface area contributed by atoms with Gasteiger partial charge >= 0.3 is 0 Å². The van der Waals surface area contributed by atoms with Crippen LogP contribution in [0.2, 0.25) is 0 Å². The lowest BCUT2D eigenvalue weighted by molar-refractivity contribution is -0.00927. The van der Waals surface area contributed by atoms with Crippen molar-refractivity contribution in [2.45, 2.75) is 59.5 Å². The van der Waals surface area contributed by atoms with Gasteiger partial charge in [-0.3, -0.25) is 0 Å². The van der Waals surface area contributed by atoms with Gasteiger partial charge in [0, 0.05) is 6.61 Å². The van der Waals surface area contributed by atoms with Crippen LogP contribution in [0.4, 0.5) is 0 Å². The molecule has 0 radical (unpaired) electrons. The monoisotopic (exact) mass is 260 g/mol.